The summed E-state index contributed by atoms with van der Waals surface area (Å²) in [5.41, 5.74) is 11.6. The Morgan fingerprint density at radius 3 is 1.61 bits per heavy atom. The van der Waals surface area contributed by atoms with Crippen LogP contribution in [0.1, 0.15) is 84.5 Å². The second kappa shape index (κ2) is 11.9. The van der Waals surface area contributed by atoms with E-state index in [4.69, 9.17) is 11.5 Å². The van der Waals surface area contributed by atoms with E-state index >= 15 is 0 Å². The molecule has 0 radical (unpaired) electrons. The lowest BCUT2D eigenvalue weighted by Gasteiger charge is -2.24. The van der Waals surface area contributed by atoms with E-state index in [1.165, 1.54) is 64.2 Å². The molecule has 0 amide bonds. The molecule has 3 nitrogen and oxygen atoms in total. The molecule has 0 aliphatic rings. The number of nitrogens with one attached hydrogen (secondary N) is 1. The largest absolute Gasteiger partial charge is 0.301 e. The van der Waals surface area contributed by atoms with Crippen LogP contribution in [0.2, 0.25) is 0 Å². The van der Waals surface area contributed by atoms with Crippen LogP contribution in [0.5, 0.6) is 0 Å². The minimum atomic E-state index is -0.667. The zero-order chi connectivity index (χ0) is 13.7. The van der Waals surface area contributed by atoms with Crippen LogP contribution in [0, 0.1) is 0 Å². The first-order valence-electron chi connectivity index (χ1n) is 7.95. The van der Waals surface area contributed by atoms with Crippen molar-refractivity contribution in [2.75, 3.05) is 6.54 Å². The first-order chi connectivity index (χ1) is 8.62. The maximum atomic E-state index is 5.80. The first-order valence-corrected chi connectivity index (χ1v) is 7.95. The van der Waals surface area contributed by atoms with Crippen LogP contribution in [-0.4, -0.2) is 12.3 Å². The maximum Gasteiger partial charge on any atom is 0.118 e. The Morgan fingerprint density at radius 1 is 0.722 bits per heavy atom. The fourth-order valence-electron chi connectivity index (χ4n) is 2.06. The summed E-state index contributed by atoms with van der Waals surface area (Å²) in [4.78, 5) is 0. The van der Waals surface area contributed by atoms with Crippen molar-refractivity contribution >= 4 is 0 Å². The van der Waals surface area contributed by atoms with Crippen molar-refractivity contribution in [2.24, 2.45) is 11.5 Å². The quantitative estimate of drug-likeness (QED) is 0.349. The van der Waals surface area contributed by atoms with E-state index in [2.05, 4.69) is 12.2 Å². The lowest BCUT2D eigenvalue weighted by Crippen LogP contribution is -2.60. The van der Waals surface area contributed by atoms with Crippen molar-refractivity contribution < 1.29 is 0 Å². The van der Waals surface area contributed by atoms with Gasteiger partial charge in [0.25, 0.3) is 0 Å². The van der Waals surface area contributed by atoms with Crippen LogP contribution in [-0.2, 0) is 0 Å². The van der Waals surface area contributed by atoms with Crippen LogP contribution in [0.4, 0.5) is 0 Å². The fraction of sp³-hybridized carbons (Fsp3) is 1.00. The van der Waals surface area contributed by atoms with Crippen molar-refractivity contribution in [1.82, 2.24) is 5.32 Å². The summed E-state index contributed by atoms with van der Waals surface area (Å²) in [5.74, 6) is -0.667. The summed E-state index contributed by atoms with van der Waals surface area (Å²) >= 11 is 0. The third-order valence-electron chi connectivity index (χ3n) is 3.57. The summed E-state index contributed by atoms with van der Waals surface area (Å²) in [6.45, 7) is 5.22. The Kier molecular flexibility index (Phi) is 11.9. The van der Waals surface area contributed by atoms with Gasteiger partial charge in [-0.1, -0.05) is 71.6 Å². The van der Waals surface area contributed by atoms with E-state index in [0.717, 1.165) is 13.0 Å². The molecule has 0 aromatic rings. The topological polar surface area (TPSA) is 64.1 Å². The van der Waals surface area contributed by atoms with Crippen molar-refractivity contribution in [3.8, 4) is 0 Å². The number of hydrogen-bond donors (Lipinski definition) is 3. The van der Waals surface area contributed by atoms with E-state index in [0.29, 0.717) is 0 Å². The van der Waals surface area contributed by atoms with Crippen LogP contribution in [0.3, 0.4) is 0 Å². The smallest absolute Gasteiger partial charge is 0.118 e. The highest BCUT2D eigenvalue weighted by atomic mass is 15.2. The highest BCUT2D eigenvalue weighted by Gasteiger charge is 2.13. The van der Waals surface area contributed by atoms with E-state index in [-0.39, 0.29) is 0 Å². The summed E-state index contributed by atoms with van der Waals surface area (Å²) in [6.07, 6.45) is 14.4. The lowest BCUT2D eigenvalue weighted by molar-refractivity contribution is 0.331. The monoisotopic (exact) mass is 257 g/mol. The van der Waals surface area contributed by atoms with Gasteiger partial charge in [-0.25, -0.2) is 0 Å². The molecule has 0 aliphatic carbocycles. The Balaban J connectivity index is 3.08. The van der Waals surface area contributed by atoms with E-state index < -0.39 is 5.79 Å². The van der Waals surface area contributed by atoms with Gasteiger partial charge >= 0.3 is 0 Å². The van der Waals surface area contributed by atoms with Crippen molar-refractivity contribution in [3.05, 3.63) is 0 Å². The first kappa shape index (κ1) is 17.9. The highest BCUT2D eigenvalue weighted by molar-refractivity contribution is 4.70. The third kappa shape index (κ3) is 12.3. The second-order valence-electron chi connectivity index (χ2n) is 5.50. The van der Waals surface area contributed by atoms with Gasteiger partial charge in [-0.2, -0.15) is 0 Å². The molecule has 5 N–H and O–H groups in total. The minimum Gasteiger partial charge on any atom is -0.301 e. The number of nitrogens with two attached hydrogens (primary N) is 2. The predicted molar refractivity (Wildman–Crippen MR) is 81.2 cm³/mol. The predicted octanol–water partition coefficient (Wildman–Crippen LogP) is 3.48. The van der Waals surface area contributed by atoms with Crippen LogP contribution >= 0.6 is 0 Å². The van der Waals surface area contributed by atoms with E-state index in [9.17, 15) is 0 Å². The molecule has 18 heavy (non-hydrogen) atoms. The van der Waals surface area contributed by atoms with Crippen LogP contribution in [0.25, 0.3) is 0 Å². The SMILES string of the molecule is CCCCCCCCCCCCNC(N)(N)CC. The van der Waals surface area contributed by atoms with Crippen LogP contribution < -0.4 is 16.8 Å². The van der Waals surface area contributed by atoms with Crippen molar-refractivity contribution in [1.29, 1.82) is 0 Å². The molecule has 110 valence electrons. The molecule has 0 fully saturated rings. The summed E-state index contributed by atoms with van der Waals surface area (Å²) in [6, 6.07) is 0. The molecule has 0 bridgehead atoms. The fourth-order valence-corrected chi connectivity index (χ4v) is 2.06. The highest BCUT2D eigenvalue weighted by Crippen LogP contribution is 2.10. The van der Waals surface area contributed by atoms with Gasteiger partial charge in [-0.05, 0) is 19.4 Å². The molecule has 0 saturated heterocycles. The molecular weight excluding hydrogens is 222 g/mol. The number of unbranched alkanes of at least 4 members (excludes halogenated alkanes) is 9. The Morgan fingerprint density at radius 2 is 1.17 bits per heavy atom. The average molecular weight is 257 g/mol. The normalized spacial score (nSPS) is 12.0. The zero-order valence-corrected chi connectivity index (χ0v) is 12.6. The third-order valence-corrected chi connectivity index (χ3v) is 3.57. The summed E-state index contributed by atoms with van der Waals surface area (Å²) in [7, 11) is 0. The summed E-state index contributed by atoms with van der Waals surface area (Å²) < 4.78 is 0. The Hall–Kier alpha value is -0.120. The molecule has 0 saturated carbocycles. The molecule has 0 aromatic heterocycles. The standard InChI is InChI=1S/C15H35N3/c1-3-5-6-7-8-9-10-11-12-13-14-18-15(16,17)4-2/h18H,3-14,16-17H2,1-2H3. The van der Waals surface area contributed by atoms with Gasteiger partial charge in [0.1, 0.15) is 5.79 Å². The Bertz CT molecular complexity index is 169. The second-order valence-corrected chi connectivity index (χ2v) is 5.50. The van der Waals surface area contributed by atoms with Crippen molar-refractivity contribution in [2.45, 2.75) is 90.3 Å². The molecule has 3 heteroatoms. The van der Waals surface area contributed by atoms with Gasteiger partial charge < -0.3 is 11.5 Å². The average Bonchev–Trinajstić information content (AvgIpc) is 2.36. The zero-order valence-electron chi connectivity index (χ0n) is 12.6. The van der Waals surface area contributed by atoms with Gasteiger partial charge in [0.05, 0.1) is 0 Å². The molecule has 0 spiro atoms. The Labute approximate surface area is 114 Å². The lowest BCUT2D eigenvalue weighted by atomic mass is 10.1. The van der Waals surface area contributed by atoms with Crippen molar-refractivity contribution in [3.63, 3.8) is 0 Å². The molecular formula is C15H35N3. The van der Waals surface area contributed by atoms with Gasteiger partial charge in [0.15, 0.2) is 0 Å². The van der Waals surface area contributed by atoms with Gasteiger partial charge in [0.2, 0.25) is 0 Å². The molecule has 0 atom stereocenters. The molecule has 0 aromatic carbocycles. The maximum absolute atomic E-state index is 5.80. The van der Waals surface area contributed by atoms with Crippen LogP contribution in [0.15, 0.2) is 0 Å². The van der Waals surface area contributed by atoms with E-state index in [1.807, 2.05) is 6.92 Å². The number of rotatable bonds is 13. The minimum absolute atomic E-state index is 0.667. The molecule has 0 rings (SSSR count). The van der Waals surface area contributed by atoms with Gasteiger partial charge in [0, 0.05) is 0 Å². The molecule has 0 heterocycles. The molecule has 0 aliphatic heterocycles. The number of hydrogen-bond acceptors (Lipinski definition) is 3. The van der Waals surface area contributed by atoms with Gasteiger partial charge in [-0.3, -0.25) is 5.32 Å². The van der Waals surface area contributed by atoms with Gasteiger partial charge in [-0.15, -0.1) is 0 Å². The summed E-state index contributed by atoms with van der Waals surface area (Å²) in [5, 5.41) is 3.19. The van der Waals surface area contributed by atoms with E-state index in [1.54, 1.807) is 0 Å². The molecule has 0 unspecified atom stereocenters.